The normalized spacial score (nSPS) is 16.9. The van der Waals surface area contributed by atoms with Gasteiger partial charge in [-0.05, 0) is 61.3 Å². The summed E-state index contributed by atoms with van der Waals surface area (Å²) in [5, 5.41) is 3.16. The van der Waals surface area contributed by atoms with E-state index in [0.717, 1.165) is 11.4 Å². The van der Waals surface area contributed by atoms with Crippen LogP contribution in [0.2, 0.25) is 0 Å². The molecule has 0 aromatic carbocycles. The van der Waals surface area contributed by atoms with E-state index < -0.39 is 23.1 Å². The second-order valence-electron chi connectivity index (χ2n) is 8.93. The van der Waals surface area contributed by atoms with E-state index in [1.54, 1.807) is 0 Å². The number of ether oxygens (including phenoxy) is 2. The number of rotatable bonds is 3. The van der Waals surface area contributed by atoms with Crippen molar-refractivity contribution in [3.63, 3.8) is 0 Å². The van der Waals surface area contributed by atoms with Crippen molar-refractivity contribution in [2.45, 2.75) is 80.4 Å². The molecule has 5 nitrogen and oxygen atoms in total. The summed E-state index contributed by atoms with van der Waals surface area (Å²) in [6, 6.07) is 0. The van der Waals surface area contributed by atoms with Gasteiger partial charge in [-0.15, -0.1) is 0 Å². The fraction of sp³-hybridized carbons (Fsp3) is 0.700. The van der Waals surface area contributed by atoms with E-state index in [1.807, 2.05) is 69.2 Å². The standard InChI is InChI=1S/C20H33NO4/c1-11(2)14-15(17(22)24-19(5,6)7)12(3)21-13(4)16(14)18(23)25-20(8,9)10/h11,14,21H,1-10H3. The molecule has 0 aromatic heterocycles. The summed E-state index contributed by atoms with van der Waals surface area (Å²) < 4.78 is 11.2. The molecule has 1 aliphatic rings. The number of carbonyl (C=O) groups excluding carboxylic acids is 2. The lowest BCUT2D eigenvalue weighted by atomic mass is 9.78. The summed E-state index contributed by atoms with van der Waals surface area (Å²) in [5.41, 5.74) is 1.23. The van der Waals surface area contributed by atoms with E-state index in [1.165, 1.54) is 0 Å². The summed E-state index contributed by atoms with van der Waals surface area (Å²) in [7, 11) is 0. The number of hydrogen-bond donors (Lipinski definition) is 1. The van der Waals surface area contributed by atoms with Crippen molar-refractivity contribution in [3.05, 3.63) is 22.5 Å². The molecule has 1 N–H and O–H groups in total. The number of carbonyl (C=O) groups is 2. The van der Waals surface area contributed by atoms with Crippen LogP contribution >= 0.6 is 0 Å². The van der Waals surface area contributed by atoms with Crippen LogP contribution in [0.1, 0.15) is 69.2 Å². The molecule has 142 valence electrons. The van der Waals surface area contributed by atoms with Gasteiger partial charge >= 0.3 is 11.9 Å². The average molecular weight is 351 g/mol. The molecule has 5 heteroatoms. The van der Waals surface area contributed by atoms with Crippen LogP contribution in [0.4, 0.5) is 0 Å². The zero-order valence-corrected chi connectivity index (χ0v) is 17.3. The third-order valence-corrected chi connectivity index (χ3v) is 3.71. The van der Waals surface area contributed by atoms with Crippen LogP contribution in [0.15, 0.2) is 22.5 Å². The molecule has 1 aliphatic heterocycles. The van der Waals surface area contributed by atoms with Crippen LogP contribution in [0.25, 0.3) is 0 Å². The molecule has 1 heterocycles. The Hall–Kier alpha value is -1.78. The monoisotopic (exact) mass is 351 g/mol. The molecule has 0 unspecified atom stereocenters. The van der Waals surface area contributed by atoms with Crippen molar-refractivity contribution in [1.29, 1.82) is 0 Å². The Morgan fingerprint density at radius 2 is 1.16 bits per heavy atom. The Kier molecular flexibility index (Phi) is 6.14. The highest BCUT2D eigenvalue weighted by molar-refractivity contribution is 5.98. The Labute approximate surface area is 151 Å². The first kappa shape index (κ1) is 21.3. The van der Waals surface area contributed by atoms with Crippen LogP contribution in [0.5, 0.6) is 0 Å². The van der Waals surface area contributed by atoms with Crippen LogP contribution < -0.4 is 5.32 Å². The van der Waals surface area contributed by atoms with Gasteiger partial charge in [-0.25, -0.2) is 9.59 Å². The molecular formula is C20H33NO4. The highest BCUT2D eigenvalue weighted by Gasteiger charge is 2.40. The van der Waals surface area contributed by atoms with Crippen molar-refractivity contribution in [2.75, 3.05) is 0 Å². The Balaban J connectivity index is 3.34. The molecule has 0 saturated carbocycles. The predicted octanol–water partition coefficient (Wildman–Crippen LogP) is 4.09. The van der Waals surface area contributed by atoms with Crippen LogP contribution in [0, 0.1) is 11.8 Å². The number of esters is 2. The van der Waals surface area contributed by atoms with Crippen molar-refractivity contribution < 1.29 is 19.1 Å². The maximum Gasteiger partial charge on any atom is 0.336 e. The van der Waals surface area contributed by atoms with Crippen molar-refractivity contribution in [1.82, 2.24) is 5.32 Å². The molecule has 0 saturated heterocycles. The number of nitrogens with one attached hydrogen (secondary N) is 1. The number of dihydropyridines is 1. The van der Waals surface area contributed by atoms with E-state index >= 15 is 0 Å². The Bertz CT molecular complexity index is 563. The smallest absolute Gasteiger partial charge is 0.336 e. The second kappa shape index (κ2) is 7.22. The van der Waals surface area contributed by atoms with Gasteiger partial charge in [0.15, 0.2) is 0 Å². The molecule has 0 fully saturated rings. The molecule has 1 rings (SSSR count). The van der Waals surface area contributed by atoms with Gasteiger partial charge in [0.25, 0.3) is 0 Å². The van der Waals surface area contributed by atoms with Gasteiger partial charge in [-0.1, -0.05) is 13.8 Å². The third-order valence-electron chi connectivity index (χ3n) is 3.71. The zero-order valence-electron chi connectivity index (χ0n) is 17.3. The molecule has 0 bridgehead atoms. The quantitative estimate of drug-likeness (QED) is 0.776. The highest BCUT2D eigenvalue weighted by Crippen LogP contribution is 2.37. The summed E-state index contributed by atoms with van der Waals surface area (Å²) >= 11 is 0. The topological polar surface area (TPSA) is 64.6 Å². The molecule has 0 aromatic rings. The van der Waals surface area contributed by atoms with E-state index in [2.05, 4.69) is 5.32 Å². The predicted molar refractivity (Wildman–Crippen MR) is 98.6 cm³/mol. The molecule has 25 heavy (non-hydrogen) atoms. The van der Waals surface area contributed by atoms with Gasteiger partial charge in [0.2, 0.25) is 0 Å². The summed E-state index contributed by atoms with van der Waals surface area (Å²) in [6.07, 6.45) is 0. The summed E-state index contributed by atoms with van der Waals surface area (Å²) in [4.78, 5) is 25.6. The van der Waals surface area contributed by atoms with E-state index in [-0.39, 0.29) is 11.8 Å². The van der Waals surface area contributed by atoms with Crippen molar-refractivity contribution in [3.8, 4) is 0 Å². The first-order valence-corrected chi connectivity index (χ1v) is 8.79. The third kappa shape index (κ3) is 5.62. The molecular weight excluding hydrogens is 318 g/mol. The maximum absolute atomic E-state index is 12.8. The van der Waals surface area contributed by atoms with Crippen LogP contribution in [-0.4, -0.2) is 23.1 Å². The lowest BCUT2D eigenvalue weighted by Crippen LogP contribution is -2.39. The minimum Gasteiger partial charge on any atom is -0.457 e. The Morgan fingerprint density at radius 1 is 0.840 bits per heavy atom. The fourth-order valence-electron chi connectivity index (χ4n) is 2.92. The van der Waals surface area contributed by atoms with Crippen LogP contribution in [0.3, 0.4) is 0 Å². The summed E-state index contributed by atoms with van der Waals surface area (Å²) in [6.45, 7) is 18.6. The van der Waals surface area contributed by atoms with Gasteiger partial charge in [0, 0.05) is 17.3 Å². The maximum atomic E-state index is 12.8. The SMILES string of the molecule is CC1=C(C(=O)OC(C)(C)C)C(C(C)C)C(C(=O)OC(C)(C)C)=C(C)N1. The summed E-state index contributed by atoms with van der Waals surface area (Å²) in [5.74, 6) is -1.13. The second-order valence-corrected chi connectivity index (χ2v) is 8.93. The highest BCUT2D eigenvalue weighted by atomic mass is 16.6. The van der Waals surface area contributed by atoms with E-state index in [9.17, 15) is 9.59 Å². The molecule has 0 spiro atoms. The molecule has 0 aliphatic carbocycles. The fourth-order valence-corrected chi connectivity index (χ4v) is 2.92. The Morgan fingerprint density at radius 3 is 1.40 bits per heavy atom. The van der Waals surface area contributed by atoms with Gasteiger partial charge in [0.1, 0.15) is 11.2 Å². The average Bonchev–Trinajstić information content (AvgIpc) is 2.32. The first-order valence-electron chi connectivity index (χ1n) is 8.79. The van der Waals surface area contributed by atoms with E-state index in [4.69, 9.17) is 9.47 Å². The minimum atomic E-state index is -0.603. The van der Waals surface area contributed by atoms with Crippen LogP contribution in [-0.2, 0) is 19.1 Å². The van der Waals surface area contributed by atoms with Gasteiger partial charge < -0.3 is 14.8 Å². The van der Waals surface area contributed by atoms with Gasteiger partial charge in [-0.3, -0.25) is 0 Å². The minimum absolute atomic E-state index is 0.0389. The van der Waals surface area contributed by atoms with Crippen molar-refractivity contribution in [2.24, 2.45) is 11.8 Å². The van der Waals surface area contributed by atoms with Gasteiger partial charge in [-0.2, -0.15) is 0 Å². The number of hydrogen-bond acceptors (Lipinski definition) is 5. The van der Waals surface area contributed by atoms with E-state index in [0.29, 0.717) is 11.1 Å². The molecule has 0 amide bonds. The van der Waals surface area contributed by atoms with Gasteiger partial charge in [0.05, 0.1) is 11.1 Å². The molecule has 0 radical (unpaired) electrons. The lowest BCUT2D eigenvalue weighted by Gasteiger charge is -2.34. The molecule has 0 atom stereocenters. The first-order chi connectivity index (χ1) is 11.1. The van der Waals surface area contributed by atoms with Crippen molar-refractivity contribution >= 4 is 11.9 Å². The largest absolute Gasteiger partial charge is 0.457 e. The number of allylic oxidation sites excluding steroid dienone is 2. The lowest BCUT2D eigenvalue weighted by molar-refractivity contribution is -0.151. The zero-order chi connectivity index (χ0) is 19.7.